The Morgan fingerprint density at radius 3 is 2.42 bits per heavy atom. The number of benzene rings is 1. The average molecular weight is 284 g/mol. The second-order valence-electron chi connectivity index (χ2n) is 5.61. The highest BCUT2D eigenvalue weighted by atomic mass is 35.5. The van der Waals surface area contributed by atoms with Crippen LogP contribution in [-0.2, 0) is 4.79 Å². The van der Waals surface area contributed by atoms with Gasteiger partial charge in [-0.3, -0.25) is 4.79 Å². The molecule has 19 heavy (non-hydrogen) atoms. The molecular weight excluding hydrogens is 266 g/mol. The highest BCUT2D eigenvalue weighted by Gasteiger charge is 2.14. The maximum Gasteiger partial charge on any atom is 0.337 e. The number of carboxylic acids is 1. The smallest absolute Gasteiger partial charge is 0.337 e. The van der Waals surface area contributed by atoms with Gasteiger partial charge in [-0.1, -0.05) is 32.4 Å². The summed E-state index contributed by atoms with van der Waals surface area (Å²) in [7, 11) is 0. The first-order valence-corrected chi connectivity index (χ1v) is 6.39. The Bertz CT molecular complexity index is 492. The van der Waals surface area contributed by atoms with Gasteiger partial charge in [-0.2, -0.15) is 0 Å². The van der Waals surface area contributed by atoms with Gasteiger partial charge in [-0.25, -0.2) is 4.79 Å². The Morgan fingerprint density at radius 2 is 1.95 bits per heavy atom. The summed E-state index contributed by atoms with van der Waals surface area (Å²) in [5.74, 6) is -1.19. The molecule has 0 aromatic heterocycles. The molecule has 0 spiro atoms. The van der Waals surface area contributed by atoms with Crippen molar-refractivity contribution in [3.63, 3.8) is 0 Å². The fourth-order valence-corrected chi connectivity index (χ4v) is 1.74. The van der Waals surface area contributed by atoms with Crippen molar-refractivity contribution in [3.05, 3.63) is 28.8 Å². The Balaban J connectivity index is 2.65. The van der Waals surface area contributed by atoms with Crippen molar-refractivity contribution in [3.8, 4) is 0 Å². The van der Waals surface area contributed by atoms with Crippen LogP contribution < -0.4 is 5.32 Å². The minimum atomic E-state index is -1.09. The van der Waals surface area contributed by atoms with E-state index in [1.807, 2.05) is 0 Å². The van der Waals surface area contributed by atoms with E-state index >= 15 is 0 Å². The molecule has 2 N–H and O–H groups in total. The van der Waals surface area contributed by atoms with Crippen molar-refractivity contribution in [2.45, 2.75) is 33.6 Å². The van der Waals surface area contributed by atoms with Crippen molar-refractivity contribution < 1.29 is 14.7 Å². The normalized spacial score (nSPS) is 11.2. The van der Waals surface area contributed by atoms with Gasteiger partial charge < -0.3 is 10.4 Å². The summed E-state index contributed by atoms with van der Waals surface area (Å²) < 4.78 is 0. The monoisotopic (exact) mass is 283 g/mol. The molecule has 0 unspecified atom stereocenters. The number of amides is 1. The van der Waals surface area contributed by atoms with E-state index < -0.39 is 5.97 Å². The Hall–Kier alpha value is -1.55. The van der Waals surface area contributed by atoms with Crippen molar-refractivity contribution in [2.75, 3.05) is 5.32 Å². The minimum Gasteiger partial charge on any atom is -0.478 e. The first kappa shape index (κ1) is 15.5. The van der Waals surface area contributed by atoms with Gasteiger partial charge in [-0.15, -0.1) is 0 Å². The number of anilines is 1. The summed E-state index contributed by atoms with van der Waals surface area (Å²) in [6, 6.07) is 4.36. The first-order chi connectivity index (χ1) is 8.69. The molecule has 1 aromatic carbocycles. The molecule has 0 fully saturated rings. The number of halogens is 1. The van der Waals surface area contributed by atoms with E-state index in [0.717, 1.165) is 6.42 Å². The molecule has 0 saturated heterocycles. The number of rotatable bonds is 4. The van der Waals surface area contributed by atoms with Crippen LogP contribution in [-0.4, -0.2) is 17.0 Å². The number of aromatic carboxylic acids is 1. The zero-order valence-corrected chi connectivity index (χ0v) is 12.0. The molecule has 0 bridgehead atoms. The third kappa shape index (κ3) is 5.30. The van der Waals surface area contributed by atoms with Crippen molar-refractivity contribution in [2.24, 2.45) is 5.41 Å². The zero-order chi connectivity index (χ0) is 14.6. The van der Waals surface area contributed by atoms with E-state index in [2.05, 4.69) is 26.1 Å². The second-order valence-corrected chi connectivity index (χ2v) is 6.02. The summed E-state index contributed by atoms with van der Waals surface area (Å²) in [5.41, 5.74) is 0.630. The Kier molecular flexibility index (Phi) is 4.95. The predicted octanol–water partition coefficient (Wildman–Crippen LogP) is 3.80. The molecule has 5 heteroatoms. The quantitative estimate of drug-likeness (QED) is 0.883. The molecule has 0 heterocycles. The van der Waals surface area contributed by atoms with Crippen LogP contribution in [0.1, 0.15) is 44.0 Å². The molecule has 0 saturated carbocycles. The molecular formula is C14H18ClNO3. The lowest BCUT2D eigenvalue weighted by Crippen LogP contribution is -2.15. The lowest BCUT2D eigenvalue weighted by molar-refractivity contribution is -0.116. The van der Waals surface area contributed by atoms with E-state index in [-0.39, 0.29) is 21.9 Å². The summed E-state index contributed by atoms with van der Waals surface area (Å²) in [5, 5.41) is 11.7. The molecule has 1 rings (SSSR count). The maximum absolute atomic E-state index is 11.7. The van der Waals surface area contributed by atoms with Gasteiger partial charge in [0.2, 0.25) is 5.91 Å². The standard InChI is InChI=1S/C14H18ClNO3/c1-14(2,3)7-6-12(17)16-9-4-5-10(13(18)19)11(15)8-9/h4-5,8H,6-7H2,1-3H3,(H,16,17)(H,18,19). The van der Waals surface area contributed by atoms with Crippen LogP contribution in [0.2, 0.25) is 5.02 Å². The van der Waals surface area contributed by atoms with Crippen molar-refractivity contribution in [1.82, 2.24) is 0 Å². The summed E-state index contributed by atoms with van der Waals surface area (Å²) in [4.78, 5) is 22.5. The second kappa shape index (κ2) is 6.06. The van der Waals surface area contributed by atoms with Crippen molar-refractivity contribution >= 4 is 29.2 Å². The SMILES string of the molecule is CC(C)(C)CCC(=O)Nc1ccc(C(=O)O)c(Cl)c1. The van der Waals surface area contributed by atoms with Gasteiger partial charge in [0.15, 0.2) is 0 Å². The van der Waals surface area contributed by atoms with Gasteiger partial charge in [-0.05, 0) is 30.0 Å². The summed E-state index contributed by atoms with van der Waals surface area (Å²) >= 11 is 5.83. The zero-order valence-electron chi connectivity index (χ0n) is 11.3. The fraction of sp³-hybridized carbons (Fsp3) is 0.429. The van der Waals surface area contributed by atoms with Crippen LogP contribution >= 0.6 is 11.6 Å². The van der Waals surface area contributed by atoms with Crippen LogP contribution in [0.25, 0.3) is 0 Å². The number of nitrogens with one attached hydrogen (secondary N) is 1. The number of hydrogen-bond acceptors (Lipinski definition) is 2. The minimum absolute atomic E-state index is 0.0226. The average Bonchev–Trinajstić information content (AvgIpc) is 2.25. The van der Waals surface area contributed by atoms with Gasteiger partial charge in [0.05, 0.1) is 10.6 Å². The summed E-state index contributed by atoms with van der Waals surface area (Å²) in [6.45, 7) is 6.20. The van der Waals surface area contributed by atoms with Gasteiger partial charge in [0, 0.05) is 12.1 Å². The van der Waals surface area contributed by atoms with Crippen LogP contribution in [0.3, 0.4) is 0 Å². The first-order valence-electron chi connectivity index (χ1n) is 6.02. The third-order valence-electron chi connectivity index (χ3n) is 2.59. The van der Waals surface area contributed by atoms with Crippen LogP contribution in [0.5, 0.6) is 0 Å². The van der Waals surface area contributed by atoms with E-state index in [4.69, 9.17) is 16.7 Å². The number of hydrogen-bond donors (Lipinski definition) is 2. The molecule has 0 aliphatic carbocycles. The van der Waals surface area contributed by atoms with Crippen LogP contribution in [0, 0.1) is 5.41 Å². The van der Waals surface area contributed by atoms with Gasteiger partial charge in [0.1, 0.15) is 0 Å². The summed E-state index contributed by atoms with van der Waals surface area (Å²) in [6.07, 6.45) is 1.20. The van der Waals surface area contributed by atoms with Gasteiger partial charge in [0.25, 0.3) is 0 Å². The molecule has 0 aliphatic heterocycles. The molecule has 1 aromatic rings. The van der Waals surface area contributed by atoms with E-state index in [9.17, 15) is 9.59 Å². The molecule has 0 aliphatic rings. The molecule has 1 amide bonds. The third-order valence-corrected chi connectivity index (χ3v) is 2.90. The molecule has 0 radical (unpaired) electrons. The topological polar surface area (TPSA) is 66.4 Å². The highest BCUT2D eigenvalue weighted by Crippen LogP contribution is 2.23. The van der Waals surface area contributed by atoms with Gasteiger partial charge >= 0.3 is 5.97 Å². The predicted molar refractivity (Wildman–Crippen MR) is 75.7 cm³/mol. The maximum atomic E-state index is 11.7. The van der Waals surface area contributed by atoms with E-state index in [1.165, 1.54) is 18.2 Å². The highest BCUT2D eigenvalue weighted by molar-refractivity contribution is 6.33. The lowest BCUT2D eigenvalue weighted by Gasteiger charge is -2.17. The van der Waals surface area contributed by atoms with Crippen LogP contribution in [0.15, 0.2) is 18.2 Å². The molecule has 104 valence electrons. The van der Waals surface area contributed by atoms with Crippen LogP contribution in [0.4, 0.5) is 5.69 Å². The Morgan fingerprint density at radius 1 is 1.32 bits per heavy atom. The van der Waals surface area contributed by atoms with Crippen molar-refractivity contribution in [1.29, 1.82) is 0 Å². The molecule has 4 nitrogen and oxygen atoms in total. The number of carboxylic acid groups (broad SMARTS) is 1. The largest absolute Gasteiger partial charge is 0.478 e. The molecule has 0 atom stereocenters. The fourth-order valence-electron chi connectivity index (χ4n) is 1.48. The van der Waals surface area contributed by atoms with E-state index in [0.29, 0.717) is 12.1 Å². The number of carbonyl (C=O) groups is 2. The Labute approximate surface area is 117 Å². The number of carbonyl (C=O) groups excluding carboxylic acids is 1. The van der Waals surface area contributed by atoms with E-state index in [1.54, 1.807) is 0 Å². The lowest BCUT2D eigenvalue weighted by atomic mass is 9.90.